The van der Waals surface area contributed by atoms with Crippen LogP contribution in [-0.2, 0) is 9.53 Å². The maximum absolute atomic E-state index is 10.9. The molecular weight excluding hydrogens is 238 g/mol. The lowest BCUT2D eigenvalue weighted by atomic mass is 10.3. The number of carbonyl (C=O) groups excluding carboxylic acids is 1. The van der Waals surface area contributed by atoms with Gasteiger partial charge in [-0.3, -0.25) is 4.79 Å². The fourth-order valence-electron chi connectivity index (χ4n) is 1.01. The Kier molecular flexibility index (Phi) is 51.0. The van der Waals surface area contributed by atoms with Gasteiger partial charge in [0.05, 0.1) is 6.61 Å². The van der Waals surface area contributed by atoms with E-state index in [1.165, 1.54) is 12.8 Å². The topological polar surface area (TPSA) is 38.3 Å². The van der Waals surface area contributed by atoms with Crippen LogP contribution in [0.1, 0.15) is 82.5 Å². The van der Waals surface area contributed by atoms with Crippen LogP contribution in [0.3, 0.4) is 0 Å². The summed E-state index contributed by atoms with van der Waals surface area (Å²) in [6.45, 7) is 18.1. The Bertz CT molecular complexity index is 134. The van der Waals surface area contributed by atoms with Crippen molar-refractivity contribution in [1.82, 2.24) is 5.32 Å². The highest BCUT2D eigenvalue weighted by Crippen LogP contribution is 1.94. The van der Waals surface area contributed by atoms with E-state index in [4.69, 9.17) is 4.74 Å². The van der Waals surface area contributed by atoms with Gasteiger partial charge in [-0.1, -0.05) is 61.3 Å². The highest BCUT2D eigenvalue weighted by Gasteiger charge is 1.97. The molecule has 3 heteroatoms. The number of ether oxygens (including phenoxy) is 1. The minimum Gasteiger partial charge on any atom is -0.381 e. The monoisotopic (exact) mass is 279 g/mol. The zero-order valence-electron chi connectivity index (χ0n) is 14.8. The molecule has 0 spiro atoms. The second kappa shape index (κ2) is 36.0. The van der Waals surface area contributed by atoms with Crippen LogP contribution < -0.4 is 5.32 Å². The minimum atomic E-state index is 0. The Morgan fingerprint density at radius 3 is 1.89 bits per heavy atom. The first-order valence-electron chi connectivity index (χ1n) is 8.15. The molecule has 0 aliphatic carbocycles. The maximum atomic E-state index is 10.9. The van der Waals surface area contributed by atoms with Crippen LogP contribution in [0.15, 0.2) is 0 Å². The Morgan fingerprint density at radius 1 is 0.947 bits per heavy atom. The molecule has 0 aromatic heterocycles. The average Bonchev–Trinajstić information content (AvgIpc) is 2.49. The molecule has 0 bridgehead atoms. The molecular formula is C16H41NO2. The van der Waals surface area contributed by atoms with Gasteiger partial charge in [-0.05, 0) is 13.3 Å². The summed E-state index contributed by atoms with van der Waals surface area (Å²) in [5.74, 6) is 0.0815. The van der Waals surface area contributed by atoms with Crippen LogP contribution in [0, 0.1) is 0 Å². The number of amides is 1. The van der Waals surface area contributed by atoms with Crippen LogP contribution in [0.5, 0.6) is 0 Å². The van der Waals surface area contributed by atoms with Gasteiger partial charge in [-0.25, -0.2) is 0 Å². The molecule has 1 amide bonds. The summed E-state index contributed by atoms with van der Waals surface area (Å²) >= 11 is 0. The van der Waals surface area contributed by atoms with E-state index in [0.717, 1.165) is 13.0 Å². The quantitative estimate of drug-likeness (QED) is 0.632. The van der Waals surface area contributed by atoms with E-state index in [0.29, 0.717) is 19.6 Å². The van der Waals surface area contributed by atoms with Crippen molar-refractivity contribution in [2.45, 2.75) is 81.1 Å². The molecule has 0 atom stereocenters. The van der Waals surface area contributed by atoms with Crippen LogP contribution in [0.25, 0.3) is 0 Å². The van der Waals surface area contributed by atoms with Crippen molar-refractivity contribution in [2.24, 2.45) is 0 Å². The Hall–Kier alpha value is -0.570. The smallest absolute Gasteiger partial charge is 0.222 e. The van der Waals surface area contributed by atoms with E-state index in [9.17, 15) is 4.79 Å². The van der Waals surface area contributed by atoms with Crippen molar-refractivity contribution < 1.29 is 11.0 Å². The van der Waals surface area contributed by atoms with Crippen molar-refractivity contribution in [2.75, 3.05) is 19.8 Å². The lowest BCUT2D eigenvalue weighted by Crippen LogP contribution is -2.23. The van der Waals surface area contributed by atoms with Crippen LogP contribution in [0.4, 0.5) is 0 Å². The van der Waals surface area contributed by atoms with Gasteiger partial charge in [0.1, 0.15) is 0 Å². The van der Waals surface area contributed by atoms with E-state index < -0.39 is 0 Å². The van der Waals surface area contributed by atoms with Gasteiger partial charge in [-0.2, -0.15) is 0 Å². The molecule has 0 saturated heterocycles. The summed E-state index contributed by atoms with van der Waals surface area (Å²) in [5, 5.41) is 2.73. The standard InChI is InChI=1S/C10H21NO2.3C2H6.H2/c1-3-5-6-8-13-9-7-10(12)11-4-2;3*1-2;/h3-9H2,1-2H3,(H,11,12);3*1-2H3;1H. The van der Waals surface area contributed by atoms with Gasteiger partial charge < -0.3 is 10.1 Å². The molecule has 0 radical (unpaired) electrons. The van der Waals surface area contributed by atoms with Crippen LogP contribution >= 0.6 is 0 Å². The van der Waals surface area contributed by atoms with E-state index in [1.54, 1.807) is 0 Å². The van der Waals surface area contributed by atoms with Gasteiger partial charge in [0.15, 0.2) is 0 Å². The molecule has 0 unspecified atom stereocenters. The summed E-state index contributed by atoms with van der Waals surface area (Å²) in [6.07, 6.45) is 4.01. The molecule has 0 heterocycles. The molecule has 122 valence electrons. The lowest BCUT2D eigenvalue weighted by Gasteiger charge is -2.03. The maximum Gasteiger partial charge on any atom is 0.222 e. The van der Waals surface area contributed by atoms with Crippen LogP contribution in [0.2, 0.25) is 0 Å². The van der Waals surface area contributed by atoms with Gasteiger partial charge in [0.2, 0.25) is 5.91 Å². The van der Waals surface area contributed by atoms with Gasteiger partial charge in [-0.15, -0.1) is 0 Å². The molecule has 0 saturated carbocycles. The summed E-state index contributed by atoms with van der Waals surface area (Å²) < 4.78 is 5.29. The largest absolute Gasteiger partial charge is 0.381 e. The third kappa shape index (κ3) is 38.1. The molecule has 0 aliphatic rings. The highest BCUT2D eigenvalue weighted by molar-refractivity contribution is 5.75. The highest BCUT2D eigenvalue weighted by atomic mass is 16.5. The Labute approximate surface area is 124 Å². The first-order valence-corrected chi connectivity index (χ1v) is 8.15. The van der Waals surface area contributed by atoms with Gasteiger partial charge in [0, 0.05) is 21.0 Å². The van der Waals surface area contributed by atoms with Crippen molar-refractivity contribution >= 4 is 5.91 Å². The Balaban J connectivity index is -0.0000000940. The zero-order chi connectivity index (χ0) is 15.9. The summed E-state index contributed by atoms with van der Waals surface area (Å²) in [6, 6.07) is 0. The molecule has 0 aromatic rings. The number of carbonyl (C=O) groups is 1. The van der Waals surface area contributed by atoms with E-state index >= 15 is 0 Å². The third-order valence-corrected chi connectivity index (χ3v) is 1.74. The molecule has 1 N–H and O–H groups in total. The first kappa shape index (κ1) is 26.9. The second-order valence-corrected chi connectivity index (χ2v) is 3.02. The fourth-order valence-corrected chi connectivity index (χ4v) is 1.01. The summed E-state index contributed by atoms with van der Waals surface area (Å²) in [7, 11) is 0. The van der Waals surface area contributed by atoms with Gasteiger partial charge >= 0.3 is 0 Å². The first-order chi connectivity index (χ1) is 9.31. The number of unbranched alkanes of at least 4 members (excludes halogenated alkanes) is 2. The molecule has 0 rings (SSSR count). The molecule has 0 fully saturated rings. The molecule has 0 aromatic carbocycles. The van der Waals surface area contributed by atoms with Gasteiger partial charge in [0.25, 0.3) is 0 Å². The summed E-state index contributed by atoms with van der Waals surface area (Å²) in [5.41, 5.74) is 0. The number of rotatable bonds is 8. The third-order valence-electron chi connectivity index (χ3n) is 1.74. The Morgan fingerprint density at radius 2 is 1.47 bits per heavy atom. The normalized spacial score (nSPS) is 7.79. The number of nitrogens with one attached hydrogen (secondary N) is 1. The number of hydrogen-bond donors (Lipinski definition) is 1. The van der Waals surface area contributed by atoms with E-state index in [2.05, 4.69) is 12.2 Å². The van der Waals surface area contributed by atoms with Crippen molar-refractivity contribution in [1.29, 1.82) is 0 Å². The summed E-state index contributed by atoms with van der Waals surface area (Å²) in [4.78, 5) is 10.9. The minimum absolute atomic E-state index is 0. The molecule has 0 aliphatic heterocycles. The predicted octanol–water partition coefficient (Wildman–Crippen LogP) is 5.04. The second-order valence-electron chi connectivity index (χ2n) is 3.02. The number of hydrogen-bond acceptors (Lipinski definition) is 2. The zero-order valence-corrected chi connectivity index (χ0v) is 14.8. The molecule has 3 nitrogen and oxygen atoms in total. The predicted molar refractivity (Wildman–Crippen MR) is 89.8 cm³/mol. The fraction of sp³-hybridized carbons (Fsp3) is 0.938. The molecule has 19 heavy (non-hydrogen) atoms. The average molecular weight is 280 g/mol. The van der Waals surface area contributed by atoms with Crippen LogP contribution in [-0.4, -0.2) is 25.7 Å². The van der Waals surface area contributed by atoms with E-state index in [1.807, 2.05) is 48.5 Å². The van der Waals surface area contributed by atoms with Crippen molar-refractivity contribution in [3.63, 3.8) is 0 Å². The SMILES string of the molecule is CC.CC.CC.CCCCCOCCC(=O)NCC.[HH]. The van der Waals surface area contributed by atoms with Crippen molar-refractivity contribution in [3.8, 4) is 0 Å². The van der Waals surface area contributed by atoms with E-state index in [-0.39, 0.29) is 7.33 Å². The van der Waals surface area contributed by atoms with Crippen molar-refractivity contribution in [3.05, 3.63) is 0 Å². The lowest BCUT2D eigenvalue weighted by molar-refractivity contribution is -0.122.